The molecular formula is C20H27N3O2. The summed E-state index contributed by atoms with van der Waals surface area (Å²) in [4.78, 5) is 18.9. The lowest BCUT2D eigenvalue weighted by atomic mass is 9.99. The van der Waals surface area contributed by atoms with Gasteiger partial charge in [-0.3, -0.25) is 4.79 Å². The third-order valence-electron chi connectivity index (χ3n) is 4.80. The third-order valence-corrected chi connectivity index (χ3v) is 4.80. The van der Waals surface area contributed by atoms with E-state index >= 15 is 0 Å². The van der Waals surface area contributed by atoms with Gasteiger partial charge in [-0.05, 0) is 49.4 Å². The Kier molecular flexibility index (Phi) is 5.41. The molecule has 5 nitrogen and oxygen atoms in total. The average Bonchev–Trinajstić information content (AvgIpc) is 3.08. The molecule has 1 atom stereocenters. The van der Waals surface area contributed by atoms with Gasteiger partial charge >= 0.3 is 0 Å². The first-order valence-corrected chi connectivity index (χ1v) is 9.14. The molecule has 0 spiro atoms. The first-order valence-electron chi connectivity index (χ1n) is 9.14. The van der Waals surface area contributed by atoms with E-state index in [2.05, 4.69) is 17.2 Å². The molecule has 0 radical (unpaired) electrons. The zero-order valence-electron chi connectivity index (χ0n) is 15.3. The van der Waals surface area contributed by atoms with Gasteiger partial charge in [-0.1, -0.05) is 13.8 Å². The third kappa shape index (κ3) is 4.21. The van der Waals surface area contributed by atoms with Crippen molar-refractivity contribution in [2.75, 3.05) is 18.4 Å². The van der Waals surface area contributed by atoms with Crippen molar-refractivity contribution >= 4 is 11.6 Å². The number of oxazole rings is 1. The van der Waals surface area contributed by atoms with Crippen molar-refractivity contribution in [1.82, 2.24) is 9.88 Å². The lowest BCUT2D eigenvalue weighted by Crippen LogP contribution is -2.39. The van der Waals surface area contributed by atoms with E-state index in [9.17, 15) is 4.79 Å². The predicted molar refractivity (Wildman–Crippen MR) is 98.7 cm³/mol. The van der Waals surface area contributed by atoms with Crippen LogP contribution in [0.4, 0.5) is 5.69 Å². The number of hydrogen-bond donors (Lipinski definition) is 1. The molecule has 25 heavy (non-hydrogen) atoms. The Morgan fingerprint density at radius 1 is 1.44 bits per heavy atom. The highest BCUT2D eigenvalue weighted by Gasteiger charge is 2.22. The summed E-state index contributed by atoms with van der Waals surface area (Å²) in [7, 11) is 0. The van der Waals surface area contributed by atoms with Gasteiger partial charge in [0.2, 0.25) is 5.89 Å². The summed E-state index contributed by atoms with van der Waals surface area (Å²) in [6.45, 7) is 8.54. The minimum atomic E-state index is 0.140. The van der Waals surface area contributed by atoms with Gasteiger partial charge in [0.15, 0.2) is 0 Å². The van der Waals surface area contributed by atoms with Crippen LogP contribution >= 0.6 is 0 Å². The number of rotatable bonds is 5. The SMILES string of the molecule is CCc1cnc(CNc2ccc(C(=O)N3CCC[C@H](C)C3)cc2C)o1. The lowest BCUT2D eigenvalue weighted by Gasteiger charge is -2.31. The topological polar surface area (TPSA) is 58.4 Å². The number of likely N-dealkylation sites (tertiary alicyclic amines) is 1. The Balaban J connectivity index is 1.64. The molecular weight excluding hydrogens is 314 g/mol. The van der Waals surface area contributed by atoms with Crippen molar-refractivity contribution in [2.45, 2.75) is 46.6 Å². The van der Waals surface area contributed by atoms with Crippen molar-refractivity contribution in [1.29, 1.82) is 0 Å². The quantitative estimate of drug-likeness (QED) is 0.892. The van der Waals surface area contributed by atoms with Gasteiger partial charge in [-0.15, -0.1) is 0 Å². The standard InChI is InChI=1S/C20H27N3O2/c1-4-17-11-22-19(25-17)12-21-18-8-7-16(10-15(18)3)20(24)23-9-5-6-14(2)13-23/h7-8,10-11,14,21H,4-6,9,12-13H2,1-3H3/t14-/m0/s1. The van der Waals surface area contributed by atoms with E-state index in [0.29, 0.717) is 18.4 Å². The van der Waals surface area contributed by atoms with E-state index in [0.717, 1.165) is 48.5 Å². The van der Waals surface area contributed by atoms with Crippen LogP contribution in [0.25, 0.3) is 0 Å². The molecule has 0 aliphatic carbocycles. The molecule has 3 rings (SSSR count). The summed E-state index contributed by atoms with van der Waals surface area (Å²) in [5, 5.41) is 3.34. The molecule has 0 saturated carbocycles. The number of nitrogens with zero attached hydrogens (tertiary/aromatic N) is 2. The Hall–Kier alpha value is -2.30. The zero-order chi connectivity index (χ0) is 17.8. The van der Waals surface area contributed by atoms with Gasteiger partial charge < -0.3 is 14.6 Å². The number of carbonyl (C=O) groups is 1. The summed E-state index contributed by atoms with van der Waals surface area (Å²) in [6.07, 6.45) is 4.93. The van der Waals surface area contributed by atoms with E-state index in [1.54, 1.807) is 6.20 Å². The molecule has 0 bridgehead atoms. The molecule has 1 aromatic carbocycles. The fourth-order valence-electron chi connectivity index (χ4n) is 3.32. The van der Waals surface area contributed by atoms with E-state index in [1.165, 1.54) is 6.42 Å². The van der Waals surface area contributed by atoms with Gasteiger partial charge in [0.05, 0.1) is 12.7 Å². The normalized spacial score (nSPS) is 17.6. The number of amides is 1. The highest BCUT2D eigenvalue weighted by molar-refractivity contribution is 5.95. The Morgan fingerprint density at radius 2 is 2.28 bits per heavy atom. The van der Waals surface area contributed by atoms with Crippen LogP contribution < -0.4 is 5.32 Å². The van der Waals surface area contributed by atoms with Crippen LogP contribution in [-0.4, -0.2) is 28.9 Å². The minimum absolute atomic E-state index is 0.140. The number of nitrogens with one attached hydrogen (secondary N) is 1. The largest absolute Gasteiger partial charge is 0.444 e. The number of anilines is 1. The minimum Gasteiger partial charge on any atom is -0.444 e. The van der Waals surface area contributed by atoms with Gasteiger partial charge in [0, 0.05) is 30.8 Å². The molecule has 2 heterocycles. The summed E-state index contributed by atoms with van der Waals surface area (Å²) in [6, 6.07) is 5.85. The fraction of sp³-hybridized carbons (Fsp3) is 0.500. The molecule has 134 valence electrons. The molecule has 1 aliphatic rings. The molecule has 1 N–H and O–H groups in total. The monoisotopic (exact) mass is 341 g/mol. The highest BCUT2D eigenvalue weighted by Crippen LogP contribution is 2.21. The van der Waals surface area contributed by atoms with Crippen molar-refractivity contribution in [3.63, 3.8) is 0 Å². The maximum Gasteiger partial charge on any atom is 0.253 e. The number of carbonyl (C=O) groups excluding carboxylic acids is 1. The van der Waals surface area contributed by atoms with Crippen LogP contribution in [0.2, 0.25) is 0 Å². The summed E-state index contributed by atoms with van der Waals surface area (Å²) in [5.41, 5.74) is 2.82. The van der Waals surface area contributed by atoms with E-state index in [1.807, 2.05) is 36.9 Å². The van der Waals surface area contributed by atoms with Crippen LogP contribution in [-0.2, 0) is 13.0 Å². The van der Waals surface area contributed by atoms with Crippen molar-refractivity contribution in [2.24, 2.45) is 5.92 Å². The number of piperidine rings is 1. The summed E-state index contributed by atoms with van der Waals surface area (Å²) >= 11 is 0. The molecule has 1 fully saturated rings. The highest BCUT2D eigenvalue weighted by atomic mass is 16.4. The molecule has 1 aliphatic heterocycles. The van der Waals surface area contributed by atoms with E-state index in [-0.39, 0.29) is 5.91 Å². The van der Waals surface area contributed by atoms with Crippen LogP contribution in [0.5, 0.6) is 0 Å². The molecule has 2 aromatic rings. The Labute approximate surface area is 149 Å². The smallest absolute Gasteiger partial charge is 0.253 e. The van der Waals surface area contributed by atoms with Crippen LogP contribution in [0, 0.1) is 12.8 Å². The Bertz CT molecular complexity index is 738. The fourth-order valence-corrected chi connectivity index (χ4v) is 3.32. The molecule has 5 heteroatoms. The summed E-state index contributed by atoms with van der Waals surface area (Å²) in [5.74, 6) is 2.30. The first-order chi connectivity index (χ1) is 12.1. The van der Waals surface area contributed by atoms with Gasteiger partial charge in [0.1, 0.15) is 5.76 Å². The van der Waals surface area contributed by atoms with Crippen molar-refractivity contribution in [3.05, 3.63) is 47.2 Å². The van der Waals surface area contributed by atoms with E-state index in [4.69, 9.17) is 4.42 Å². The maximum atomic E-state index is 12.7. The van der Waals surface area contributed by atoms with Crippen molar-refractivity contribution < 1.29 is 9.21 Å². The number of aromatic nitrogens is 1. The predicted octanol–water partition coefficient (Wildman–Crippen LogP) is 4.03. The van der Waals surface area contributed by atoms with Crippen LogP contribution in [0.15, 0.2) is 28.8 Å². The maximum absolute atomic E-state index is 12.7. The van der Waals surface area contributed by atoms with Gasteiger partial charge in [-0.25, -0.2) is 4.98 Å². The lowest BCUT2D eigenvalue weighted by molar-refractivity contribution is 0.0683. The molecule has 1 saturated heterocycles. The van der Waals surface area contributed by atoms with Crippen molar-refractivity contribution in [3.8, 4) is 0 Å². The number of hydrogen-bond acceptors (Lipinski definition) is 4. The molecule has 0 unspecified atom stereocenters. The van der Waals surface area contributed by atoms with E-state index < -0.39 is 0 Å². The Morgan fingerprint density at radius 3 is 2.96 bits per heavy atom. The number of benzene rings is 1. The second-order valence-electron chi connectivity index (χ2n) is 6.96. The molecule has 1 amide bonds. The zero-order valence-corrected chi connectivity index (χ0v) is 15.3. The second kappa shape index (κ2) is 7.72. The summed E-state index contributed by atoms with van der Waals surface area (Å²) < 4.78 is 5.61. The van der Waals surface area contributed by atoms with Crippen LogP contribution in [0.3, 0.4) is 0 Å². The average molecular weight is 341 g/mol. The van der Waals surface area contributed by atoms with Gasteiger partial charge in [-0.2, -0.15) is 0 Å². The molecule has 1 aromatic heterocycles. The second-order valence-corrected chi connectivity index (χ2v) is 6.96. The first kappa shape index (κ1) is 17.5. The van der Waals surface area contributed by atoms with Crippen LogP contribution in [0.1, 0.15) is 54.3 Å². The number of aryl methyl sites for hydroxylation is 2. The van der Waals surface area contributed by atoms with Gasteiger partial charge in [0.25, 0.3) is 5.91 Å².